The van der Waals surface area contributed by atoms with E-state index in [2.05, 4.69) is 113 Å². The van der Waals surface area contributed by atoms with Gasteiger partial charge in [0.1, 0.15) is 17.2 Å². The maximum Gasteiger partial charge on any atom is 0.136 e. The van der Waals surface area contributed by atoms with Crippen molar-refractivity contribution in [1.29, 1.82) is 10.5 Å². The van der Waals surface area contributed by atoms with Gasteiger partial charge < -0.3 is 9.73 Å². The zero-order valence-corrected chi connectivity index (χ0v) is 26.2. The number of rotatable bonds is 4. The third-order valence-corrected chi connectivity index (χ3v) is 9.38. The van der Waals surface area contributed by atoms with Gasteiger partial charge in [0, 0.05) is 47.0 Å². The third kappa shape index (κ3) is 4.73. The van der Waals surface area contributed by atoms with Gasteiger partial charge in [0.25, 0.3) is 0 Å². The number of aromatic nitrogens is 1. The number of fused-ring (bicyclic) bond motifs is 5. The summed E-state index contributed by atoms with van der Waals surface area (Å²) in [5.74, 6) is 0. The van der Waals surface area contributed by atoms with Crippen molar-refractivity contribution in [2.45, 2.75) is 0 Å². The lowest BCUT2D eigenvalue weighted by atomic mass is 9.84. The highest BCUT2D eigenvalue weighted by Crippen LogP contribution is 2.47. The summed E-state index contributed by atoms with van der Waals surface area (Å²) >= 11 is 0. The number of para-hydroxylation sites is 1. The predicted octanol–water partition coefficient (Wildman–Crippen LogP) is 10.6. The molecule has 0 radical (unpaired) electrons. The minimum absolute atomic E-state index is 0.527. The minimum Gasteiger partial charge on any atom is -0.456 e. The molecule has 228 valence electrons. The van der Waals surface area contributed by atoms with E-state index in [0.717, 1.165) is 88.0 Å². The number of hydrogen-bond donors (Lipinski definition) is 1. The predicted molar refractivity (Wildman–Crippen MR) is 197 cm³/mol. The second-order valence-corrected chi connectivity index (χ2v) is 12.3. The summed E-state index contributed by atoms with van der Waals surface area (Å²) in [6.07, 6.45) is 7.33. The van der Waals surface area contributed by atoms with Gasteiger partial charge >= 0.3 is 0 Å². The molecule has 1 aliphatic rings. The minimum atomic E-state index is 0.527. The molecule has 6 aromatic carbocycles. The summed E-state index contributed by atoms with van der Waals surface area (Å²) in [7, 11) is 0. The van der Waals surface area contributed by atoms with Crippen LogP contribution in [0.2, 0.25) is 0 Å². The van der Waals surface area contributed by atoms with E-state index in [9.17, 15) is 10.5 Å². The fraction of sp³-hybridized carbons (Fsp3) is 0.0227. The molecule has 9 rings (SSSR count). The van der Waals surface area contributed by atoms with Crippen molar-refractivity contribution in [3.63, 3.8) is 0 Å². The molecule has 1 aliphatic heterocycles. The highest BCUT2D eigenvalue weighted by atomic mass is 16.3. The van der Waals surface area contributed by atoms with Gasteiger partial charge in [0.15, 0.2) is 0 Å². The van der Waals surface area contributed by atoms with Crippen LogP contribution in [0.4, 0.5) is 0 Å². The van der Waals surface area contributed by atoms with Gasteiger partial charge in [-0.1, -0.05) is 78.9 Å². The van der Waals surface area contributed by atoms with Gasteiger partial charge in [-0.05, 0) is 103 Å². The monoisotopic (exact) mass is 626 g/mol. The molecule has 5 heteroatoms. The Hall–Kier alpha value is -6.95. The molecule has 0 amide bonds. The topological polar surface area (TPSA) is 85.6 Å². The average molecular weight is 627 g/mol. The van der Waals surface area contributed by atoms with Crippen LogP contribution < -0.4 is 5.32 Å². The molecule has 0 saturated carbocycles. The lowest BCUT2D eigenvalue weighted by molar-refractivity contribution is 0.669. The summed E-state index contributed by atoms with van der Waals surface area (Å²) in [5, 5.41) is 29.0. The van der Waals surface area contributed by atoms with Gasteiger partial charge in [0.05, 0.1) is 11.6 Å². The van der Waals surface area contributed by atoms with E-state index >= 15 is 0 Å². The van der Waals surface area contributed by atoms with Crippen LogP contribution in [0.5, 0.6) is 0 Å². The van der Waals surface area contributed by atoms with E-state index < -0.39 is 0 Å². The molecule has 0 saturated heterocycles. The van der Waals surface area contributed by atoms with Crippen molar-refractivity contribution in [3.05, 3.63) is 157 Å². The number of nitrogens with zero attached hydrogens (tertiary/aromatic N) is 3. The number of hydrogen-bond acceptors (Lipinski definition) is 5. The summed E-state index contributed by atoms with van der Waals surface area (Å²) < 4.78 is 6.46. The summed E-state index contributed by atoms with van der Waals surface area (Å²) in [6, 6.07) is 44.7. The number of nitrogens with one attached hydrogen (secondary N) is 1. The molecular weight excluding hydrogens is 601 g/mol. The molecular formula is C44H26N4O. The van der Waals surface area contributed by atoms with Gasteiger partial charge in [-0.3, -0.25) is 4.98 Å². The first-order valence-electron chi connectivity index (χ1n) is 16.1. The lowest BCUT2D eigenvalue weighted by Crippen LogP contribution is -2.13. The zero-order valence-electron chi connectivity index (χ0n) is 26.2. The van der Waals surface area contributed by atoms with Crippen molar-refractivity contribution in [2.24, 2.45) is 0 Å². The first-order valence-corrected chi connectivity index (χ1v) is 16.1. The maximum atomic E-state index is 9.58. The van der Waals surface area contributed by atoms with E-state index in [1.165, 1.54) is 0 Å². The van der Waals surface area contributed by atoms with Crippen LogP contribution in [-0.4, -0.2) is 11.5 Å². The van der Waals surface area contributed by atoms with Gasteiger partial charge in [-0.2, -0.15) is 10.5 Å². The van der Waals surface area contributed by atoms with E-state index in [-0.39, 0.29) is 0 Å². The van der Waals surface area contributed by atoms with Crippen LogP contribution in [0.1, 0.15) is 11.1 Å². The molecule has 8 aromatic rings. The number of nitriles is 2. The maximum absolute atomic E-state index is 9.58. The van der Waals surface area contributed by atoms with Crippen molar-refractivity contribution in [1.82, 2.24) is 10.3 Å². The molecule has 2 aromatic heterocycles. The van der Waals surface area contributed by atoms with E-state index in [1.807, 2.05) is 36.5 Å². The SMILES string of the molecule is N#CC1=CC(c2cccc(-c3c4ccccc4c(-c4cccc(-c5cncc(C#N)c5)c4)c4cc5c(cc34)oc3ccccc35)c2)=CNC1. The highest BCUT2D eigenvalue weighted by molar-refractivity contribution is 6.25. The Labute approximate surface area is 282 Å². The van der Waals surface area contributed by atoms with Crippen LogP contribution in [0.25, 0.3) is 82.4 Å². The molecule has 0 fully saturated rings. The molecule has 49 heavy (non-hydrogen) atoms. The molecule has 0 unspecified atom stereocenters. The fourth-order valence-electron chi connectivity index (χ4n) is 7.17. The van der Waals surface area contributed by atoms with Gasteiger partial charge in [0.2, 0.25) is 0 Å². The van der Waals surface area contributed by atoms with Gasteiger partial charge in [-0.25, -0.2) is 0 Å². The average Bonchev–Trinajstić information content (AvgIpc) is 3.53. The Bertz CT molecular complexity index is 2810. The van der Waals surface area contributed by atoms with Crippen molar-refractivity contribution < 1.29 is 4.42 Å². The van der Waals surface area contributed by atoms with Gasteiger partial charge in [-0.15, -0.1) is 0 Å². The Morgan fingerprint density at radius 1 is 0.551 bits per heavy atom. The quantitative estimate of drug-likeness (QED) is 0.196. The molecule has 0 spiro atoms. The standard InChI is InChI=1S/C44H26N4O/c45-21-27-15-33(25-47-23-27)29-7-5-9-31(17-29)43-36-12-1-2-13-37(36)44(32-10-6-8-30(18-32)34-16-28(22-46)24-48-26-34)40-20-42-38(19-39(40)43)35-11-3-4-14-41(35)49-42/h1-20,23,25-26,48H,24H2. The molecule has 5 nitrogen and oxygen atoms in total. The molecule has 3 heterocycles. The molecule has 0 bridgehead atoms. The van der Waals surface area contributed by atoms with E-state index in [4.69, 9.17) is 4.42 Å². The Morgan fingerprint density at radius 3 is 1.98 bits per heavy atom. The number of benzene rings is 6. The number of allylic oxidation sites excluding steroid dienone is 2. The van der Waals surface area contributed by atoms with Crippen LogP contribution in [-0.2, 0) is 0 Å². The third-order valence-electron chi connectivity index (χ3n) is 9.38. The molecule has 0 aliphatic carbocycles. The second-order valence-electron chi connectivity index (χ2n) is 12.3. The number of pyridine rings is 1. The largest absolute Gasteiger partial charge is 0.456 e. The van der Waals surface area contributed by atoms with Crippen LogP contribution in [0.3, 0.4) is 0 Å². The lowest BCUT2D eigenvalue weighted by Gasteiger charge is -2.19. The van der Waals surface area contributed by atoms with Crippen molar-refractivity contribution >= 4 is 49.1 Å². The van der Waals surface area contributed by atoms with Crippen LogP contribution in [0, 0.1) is 22.7 Å². The second kappa shape index (κ2) is 11.4. The fourth-order valence-corrected chi connectivity index (χ4v) is 7.17. The smallest absolute Gasteiger partial charge is 0.136 e. The summed E-state index contributed by atoms with van der Waals surface area (Å²) in [6.45, 7) is 0.533. The normalized spacial score (nSPS) is 12.8. The number of dihydropyridines is 1. The molecule has 1 N–H and O–H groups in total. The summed E-state index contributed by atoms with van der Waals surface area (Å²) in [5.41, 5.74) is 11.2. The van der Waals surface area contributed by atoms with Crippen LogP contribution >= 0.6 is 0 Å². The van der Waals surface area contributed by atoms with E-state index in [1.54, 1.807) is 12.4 Å². The molecule has 0 atom stereocenters. The van der Waals surface area contributed by atoms with Crippen LogP contribution in [0.15, 0.2) is 150 Å². The van der Waals surface area contributed by atoms with E-state index in [0.29, 0.717) is 17.7 Å². The Kier molecular flexibility index (Phi) is 6.57. The van der Waals surface area contributed by atoms with Crippen molar-refractivity contribution in [3.8, 4) is 45.5 Å². The highest BCUT2D eigenvalue weighted by Gasteiger charge is 2.20. The number of furan rings is 1. The summed E-state index contributed by atoms with van der Waals surface area (Å²) in [4.78, 5) is 4.33. The Morgan fingerprint density at radius 2 is 1.22 bits per heavy atom. The van der Waals surface area contributed by atoms with Crippen molar-refractivity contribution in [2.75, 3.05) is 6.54 Å². The zero-order chi connectivity index (χ0) is 32.9. The first-order chi connectivity index (χ1) is 24.2. The Balaban J connectivity index is 1.37. The first kappa shape index (κ1) is 28.3.